The predicted octanol–water partition coefficient (Wildman–Crippen LogP) is 2.11. The number of rotatable bonds is 4. The third kappa shape index (κ3) is 4.50. The van der Waals surface area contributed by atoms with Crippen LogP contribution in [-0.2, 0) is 14.9 Å². The summed E-state index contributed by atoms with van der Waals surface area (Å²) in [7, 11) is -4.22. The highest BCUT2D eigenvalue weighted by Gasteiger charge is 2.29. The molecule has 1 aromatic rings. The predicted molar refractivity (Wildman–Crippen MR) is 53.8 cm³/mol. The summed E-state index contributed by atoms with van der Waals surface area (Å²) in [5.74, 6) is 0. The monoisotopic (exact) mass is 289 g/mol. The van der Waals surface area contributed by atoms with Gasteiger partial charge in [-0.25, -0.2) is 8.42 Å². The van der Waals surface area contributed by atoms with Crippen molar-refractivity contribution in [1.29, 1.82) is 0 Å². The lowest BCUT2D eigenvalue weighted by molar-refractivity contribution is -0.181. The molecule has 0 bridgehead atoms. The average molecular weight is 290 g/mol. The van der Waals surface area contributed by atoms with Crippen molar-refractivity contribution in [2.24, 2.45) is 0 Å². The lowest BCUT2D eigenvalue weighted by Crippen LogP contribution is -2.29. The van der Waals surface area contributed by atoms with Gasteiger partial charge in [0.1, 0.15) is 4.90 Å². The van der Waals surface area contributed by atoms with Gasteiger partial charge in [0.25, 0.3) is 10.0 Å². The number of hydrogen-bond acceptors (Lipinski definition) is 3. The maximum atomic E-state index is 11.7. The highest BCUT2D eigenvalue weighted by molar-refractivity contribution is 7.89. The van der Waals surface area contributed by atoms with E-state index in [1.807, 2.05) is 0 Å². The van der Waals surface area contributed by atoms with Gasteiger partial charge in [0.2, 0.25) is 0 Å². The fourth-order valence-corrected chi connectivity index (χ4v) is 2.22. The first kappa shape index (κ1) is 14.2. The van der Waals surface area contributed by atoms with Gasteiger partial charge in [0.15, 0.2) is 6.61 Å². The third-order valence-corrected chi connectivity index (χ3v) is 3.24. The normalized spacial score (nSPS) is 12.7. The molecule has 0 heterocycles. The van der Waals surface area contributed by atoms with Gasteiger partial charge >= 0.3 is 6.18 Å². The summed E-state index contributed by atoms with van der Waals surface area (Å²) in [5.41, 5.74) is 0. The topological polar surface area (TPSA) is 55.4 Å². The zero-order valence-electron chi connectivity index (χ0n) is 8.16. The first-order chi connectivity index (χ1) is 7.72. The Kier molecular flexibility index (Phi) is 4.36. The zero-order valence-corrected chi connectivity index (χ0v) is 9.73. The van der Waals surface area contributed by atoms with E-state index in [4.69, 9.17) is 11.6 Å². The van der Waals surface area contributed by atoms with E-state index in [0.29, 0.717) is 0 Å². The fourth-order valence-electron chi connectivity index (χ4n) is 0.896. The van der Waals surface area contributed by atoms with Crippen LogP contribution in [0, 0.1) is 0 Å². The molecule has 1 rings (SSSR count). The quantitative estimate of drug-likeness (QED) is 0.864. The Bertz CT molecular complexity index is 489. The highest BCUT2D eigenvalue weighted by Crippen LogP contribution is 2.20. The standard InChI is InChI=1S/C8H7ClF3NO3S/c9-6-3-1-2-4-7(6)17(14,15)13-16-5-8(10,11)12/h1-4,13H,5H2. The van der Waals surface area contributed by atoms with E-state index in [1.165, 1.54) is 23.1 Å². The Morgan fingerprint density at radius 2 is 1.88 bits per heavy atom. The van der Waals surface area contributed by atoms with Gasteiger partial charge in [0, 0.05) is 0 Å². The first-order valence-electron chi connectivity index (χ1n) is 4.17. The van der Waals surface area contributed by atoms with Gasteiger partial charge in [-0.1, -0.05) is 28.6 Å². The summed E-state index contributed by atoms with van der Waals surface area (Å²) in [4.78, 5) is 4.83. The maximum Gasteiger partial charge on any atom is 0.413 e. The van der Waals surface area contributed by atoms with Crippen molar-refractivity contribution >= 4 is 21.6 Å². The summed E-state index contributed by atoms with van der Waals surface area (Å²) in [5, 5.41) is -0.115. The van der Waals surface area contributed by atoms with Crippen molar-refractivity contribution in [2.75, 3.05) is 6.61 Å². The zero-order chi connectivity index (χ0) is 13.1. The van der Waals surface area contributed by atoms with Crippen molar-refractivity contribution in [2.45, 2.75) is 11.1 Å². The van der Waals surface area contributed by atoms with Crippen LogP contribution in [0.25, 0.3) is 0 Å². The number of halogens is 4. The van der Waals surface area contributed by atoms with Crippen molar-refractivity contribution in [3.05, 3.63) is 29.3 Å². The molecule has 4 nitrogen and oxygen atoms in total. The van der Waals surface area contributed by atoms with Crippen LogP contribution in [0.15, 0.2) is 29.2 Å². The van der Waals surface area contributed by atoms with Crippen molar-refractivity contribution in [3.8, 4) is 0 Å². The lowest BCUT2D eigenvalue weighted by Gasteiger charge is -2.09. The van der Waals surface area contributed by atoms with E-state index in [-0.39, 0.29) is 9.92 Å². The lowest BCUT2D eigenvalue weighted by atomic mass is 10.4. The van der Waals surface area contributed by atoms with Gasteiger partial charge in [-0.05, 0) is 12.1 Å². The summed E-state index contributed by atoms with van der Waals surface area (Å²) in [6.07, 6.45) is -4.62. The molecule has 9 heteroatoms. The molecule has 0 aliphatic heterocycles. The molecule has 96 valence electrons. The van der Waals surface area contributed by atoms with Crippen molar-refractivity contribution in [1.82, 2.24) is 4.89 Å². The number of sulfonamides is 1. The van der Waals surface area contributed by atoms with Crippen LogP contribution in [0.3, 0.4) is 0 Å². The van der Waals surface area contributed by atoms with Crippen LogP contribution in [0.4, 0.5) is 13.2 Å². The molecule has 0 spiro atoms. The molecular weight excluding hydrogens is 283 g/mol. The Balaban J connectivity index is 2.74. The molecule has 0 unspecified atom stereocenters. The minimum absolute atomic E-state index is 0.115. The molecular formula is C8H7ClF3NO3S. The van der Waals surface area contributed by atoms with Crippen LogP contribution in [-0.4, -0.2) is 21.2 Å². The number of alkyl halides is 3. The molecule has 0 aliphatic rings. The Morgan fingerprint density at radius 3 is 2.41 bits per heavy atom. The molecule has 0 amide bonds. The van der Waals surface area contributed by atoms with Gasteiger partial charge in [-0.15, -0.1) is 0 Å². The second-order valence-electron chi connectivity index (χ2n) is 2.92. The molecule has 0 aromatic heterocycles. The second-order valence-corrected chi connectivity index (χ2v) is 4.94. The summed E-state index contributed by atoms with van der Waals surface area (Å²) in [6, 6.07) is 5.30. The van der Waals surface area contributed by atoms with Gasteiger partial charge in [-0.2, -0.15) is 13.2 Å². The van der Waals surface area contributed by atoms with Gasteiger partial charge in [0.05, 0.1) is 5.02 Å². The summed E-state index contributed by atoms with van der Waals surface area (Å²) < 4.78 is 58.1. The maximum absolute atomic E-state index is 11.7. The Morgan fingerprint density at radius 1 is 1.29 bits per heavy atom. The minimum Gasteiger partial charge on any atom is -0.277 e. The summed E-state index contributed by atoms with van der Waals surface area (Å²) >= 11 is 5.58. The molecule has 1 aromatic carbocycles. The Hall–Kier alpha value is -0.830. The largest absolute Gasteiger partial charge is 0.413 e. The van der Waals surface area contributed by atoms with E-state index in [1.54, 1.807) is 0 Å². The van der Waals surface area contributed by atoms with E-state index in [2.05, 4.69) is 4.84 Å². The first-order valence-corrected chi connectivity index (χ1v) is 6.03. The molecule has 0 radical (unpaired) electrons. The average Bonchev–Trinajstić information content (AvgIpc) is 2.15. The molecule has 0 fully saturated rings. The van der Waals surface area contributed by atoms with Crippen LogP contribution >= 0.6 is 11.6 Å². The van der Waals surface area contributed by atoms with Crippen molar-refractivity contribution < 1.29 is 26.4 Å². The van der Waals surface area contributed by atoms with Gasteiger partial charge < -0.3 is 0 Å². The van der Waals surface area contributed by atoms with Crippen molar-refractivity contribution in [3.63, 3.8) is 0 Å². The van der Waals surface area contributed by atoms with Crippen LogP contribution in [0.5, 0.6) is 0 Å². The van der Waals surface area contributed by atoms with Gasteiger partial charge in [-0.3, -0.25) is 4.84 Å². The molecule has 0 saturated carbocycles. The SMILES string of the molecule is O=S(=O)(NOCC(F)(F)F)c1ccccc1Cl. The minimum atomic E-state index is -4.62. The highest BCUT2D eigenvalue weighted by atomic mass is 35.5. The molecule has 17 heavy (non-hydrogen) atoms. The smallest absolute Gasteiger partial charge is 0.277 e. The number of benzene rings is 1. The fraction of sp³-hybridized carbons (Fsp3) is 0.250. The molecule has 1 N–H and O–H groups in total. The molecule has 0 atom stereocenters. The third-order valence-electron chi connectivity index (χ3n) is 1.53. The van der Waals surface area contributed by atoms with Crippen LogP contribution < -0.4 is 4.89 Å². The van der Waals surface area contributed by atoms with E-state index >= 15 is 0 Å². The molecule has 0 aliphatic carbocycles. The number of hydrogen-bond donors (Lipinski definition) is 1. The second kappa shape index (κ2) is 5.21. The Labute approximate surface area is 100 Å². The van der Waals surface area contributed by atoms with E-state index in [0.717, 1.165) is 6.07 Å². The van der Waals surface area contributed by atoms with E-state index < -0.39 is 22.8 Å². The van der Waals surface area contributed by atoms with Crippen LogP contribution in [0.1, 0.15) is 0 Å². The summed E-state index contributed by atoms with van der Waals surface area (Å²) in [6.45, 7) is -1.73. The van der Waals surface area contributed by atoms with Crippen LogP contribution in [0.2, 0.25) is 5.02 Å². The molecule has 0 saturated heterocycles. The number of nitrogens with one attached hydrogen (secondary N) is 1. The van der Waals surface area contributed by atoms with E-state index in [9.17, 15) is 21.6 Å².